The zero-order valence-corrected chi connectivity index (χ0v) is 13.6. The molecule has 0 unspecified atom stereocenters. The molecule has 0 spiro atoms. The Morgan fingerprint density at radius 1 is 1.27 bits per heavy atom. The molecule has 1 aromatic carbocycles. The fourth-order valence-electron chi connectivity index (χ4n) is 1.79. The van der Waals surface area contributed by atoms with Crippen molar-refractivity contribution in [1.82, 2.24) is 5.32 Å². The molecular weight excluding hydrogens is 308 g/mol. The maximum Gasteiger partial charge on any atom is 0.307 e. The Balaban J connectivity index is 2.89. The van der Waals surface area contributed by atoms with Crippen LogP contribution in [-0.4, -0.2) is 32.9 Å². The number of carbonyl (C=O) groups excluding carboxylic acids is 2. The number of nitrogens with two attached hydrogens (primary N) is 1. The second-order valence-electron chi connectivity index (χ2n) is 5.19. The largest absolute Gasteiger partial charge is 0.469 e. The number of hydrogen-bond donors (Lipinski definition) is 2. The number of nitrogens with one attached hydrogen (secondary N) is 1. The van der Waals surface area contributed by atoms with Gasteiger partial charge in [-0.15, -0.1) is 0 Å². The SMILES string of the molecule is CC[C@](C)(CC(=O)OC)NC(=O)c1ccc(S(N)(=O)=O)cc1. The van der Waals surface area contributed by atoms with Crippen molar-refractivity contribution in [3.8, 4) is 0 Å². The Kier molecular flexibility index (Phi) is 5.67. The van der Waals surface area contributed by atoms with E-state index in [0.29, 0.717) is 6.42 Å². The van der Waals surface area contributed by atoms with E-state index in [1.54, 1.807) is 6.92 Å². The molecule has 1 rings (SSSR count). The molecule has 0 aromatic heterocycles. The van der Waals surface area contributed by atoms with Gasteiger partial charge in [-0.25, -0.2) is 13.6 Å². The van der Waals surface area contributed by atoms with E-state index >= 15 is 0 Å². The smallest absolute Gasteiger partial charge is 0.307 e. The highest BCUT2D eigenvalue weighted by molar-refractivity contribution is 7.89. The maximum atomic E-state index is 12.2. The Morgan fingerprint density at radius 2 is 1.82 bits per heavy atom. The van der Waals surface area contributed by atoms with Gasteiger partial charge in [0.15, 0.2) is 0 Å². The Morgan fingerprint density at radius 3 is 2.23 bits per heavy atom. The monoisotopic (exact) mass is 328 g/mol. The number of sulfonamides is 1. The summed E-state index contributed by atoms with van der Waals surface area (Å²) in [5, 5.41) is 7.76. The van der Waals surface area contributed by atoms with Crippen LogP contribution in [0.15, 0.2) is 29.2 Å². The molecule has 1 atom stereocenters. The van der Waals surface area contributed by atoms with Gasteiger partial charge in [0.1, 0.15) is 0 Å². The Bertz CT molecular complexity index is 654. The molecule has 1 aromatic rings. The van der Waals surface area contributed by atoms with Gasteiger partial charge >= 0.3 is 5.97 Å². The third kappa shape index (κ3) is 4.81. The van der Waals surface area contributed by atoms with Crippen LogP contribution in [0, 0.1) is 0 Å². The third-order valence-corrected chi connectivity index (χ3v) is 4.33. The molecule has 0 fully saturated rings. The van der Waals surface area contributed by atoms with E-state index in [1.165, 1.54) is 31.4 Å². The van der Waals surface area contributed by atoms with Crippen LogP contribution in [0.4, 0.5) is 0 Å². The number of ether oxygens (including phenoxy) is 1. The second-order valence-corrected chi connectivity index (χ2v) is 6.75. The standard InChI is InChI=1S/C14H20N2O5S/c1-4-14(2,9-12(17)21-3)16-13(18)10-5-7-11(8-6-10)22(15,19)20/h5-8H,4,9H2,1-3H3,(H,16,18)(H2,15,19,20)/t14-/m1/s1. The zero-order valence-electron chi connectivity index (χ0n) is 12.8. The van der Waals surface area contributed by atoms with E-state index in [1.807, 2.05) is 6.92 Å². The lowest BCUT2D eigenvalue weighted by Gasteiger charge is -2.28. The Labute approximate surface area is 129 Å². The first-order valence-electron chi connectivity index (χ1n) is 6.63. The molecule has 8 heteroatoms. The number of benzene rings is 1. The molecule has 0 heterocycles. The van der Waals surface area contributed by atoms with Crippen molar-refractivity contribution >= 4 is 21.9 Å². The third-order valence-electron chi connectivity index (χ3n) is 3.40. The first kappa shape index (κ1) is 18.1. The average Bonchev–Trinajstić information content (AvgIpc) is 2.46. The molecule has 1 amide bonds. The summed E-state index contributed by atoms with van der Waals surface area (Å²) in [5.74, 6) is -0.830. The predicted molar refractivity (Wildman–Crippen MR) is 80.6 cm³/mol. The van der Waals surface area contributed by atoms with Gasteiger partial charge in [0.05, 0.1) is 18.4 Å². The molecule has 122 valence electrons. The lowest BCUT2D eigenvalue weighted by atomic mass is 9.94. The lowest BCUT2D eigenvalue weighted by molar-refractivity contribution is -0.142. The van der Waals surface area contributed by atoms with Gasteiger partial charge in [-0.3, -0.25) is 9.59 Å². The number of carbonyl (C=O) groups is 2. The van der Waals surface area contributed by atoms with Gasteiger partial charge < -0.3 is 10.1 Å². The van der Waals surface area contributed by atoms with Gasteiger partial charge in [0.25, 0.3) is 5.91 Å². The van der Waals surface area contributed by atoms with E-state index in [2.05, 4.69) is 10.1 Å². The van der Waals surface area contributed by atoms with Gasteiger partial charge in [0, 0.05) is 11.1 Å². The van der Waals surface area contributed by atoms with Crippen molar-refractivity contribution < 1.29 is 22.7 Å². The summed E-state index contributed by atoms with van der Waals surface area (Å²) in [5.41, 5.74) is -0.472. The van der Waals surface area contributed by atoms with Crippen molar-refractivity contribution in [3.05, 3.63) is 29.8 Å². The van der Waals surface area contributed by atoms with Crippen molar-refractivity contribution in [2.24, 2.45) is 5.14 Å². The fraction of sp³-hybridized carbons (Fsp3) is 0.429. The van der Waals surface area contributed by atoms with E-state index in [9.17, 15) is 18.0 Å². The van der Waals surface area contributed by atoms with Crippen LogP contribution in [0.1, 0.15) is 37.0 Å². The minimum absolute atomic E-state index is 0.0427. The number of methoxy groups -OCH3 is 1. The molecule has 7 nitrogen and oxygen atoms in total. The molecule has 0 aliphatic rings. The number of rotatable bonds is 6. The number of hydrogen-bond acceptors (Lipinski definition) is 5. The minimum Gasteiger partial charge on any atom is -0.469 e. The summed E-state index contributed by atoms with van der Waals surface area (Å²) in [6.07, 6.45) is 0.574. The molecule has 0 radical (unpaired) electrons. The van der Waals surface area contributed by atoms with Gasteiger partial charge in [0.2, 0.25) is 10.0 Å². The van der Waals surface area contributed by atoms with E-state index in [-0.39, 0.29) is 16.9 Å². The average molecular weight is 328 g/mol. The highest BCUT2D eigenvalue weighted by Gasteiger charge is 2.28. The van der Waals surface area contributed by atoms with Crippen molar-refractivity contribution in [2.45, 2.75) is 37.1 Å². The maximum absolute atomic E-state index is 12.2. The summed E-state index contributed by atoms with van der Waals surface area (Å²) in [4.78, 5) is 23.5. The van der Waals surface area contributed by atoms with Gasteiger partial charge in [-0.2, -0.15) is 0 Å². The molecule has 22 heavy (non-hydrogen) atoms. The molecule has 0 saturated carbocycles. The number of primary sulfonamides is 1. The molecular formula is C14H20N2O5S. The van der Waals surface area contributed by atoms with Crippen LogP contribution >= 0.6 is 0 Å². The van der Waals surface area contributed by atoms with Crippen LogP contribution in [0.5, 0.6) is 0 Å². The number of amides is 1. The zero-order chi connectivity index (χ0) is 17.0. The van der Waals surface area contributed by atoms with Gasteiger partial charge in [-0.05, 0) is 37.6 Å². The highest BCUT2D eigenvalue weighted by atomic mass is 32.2. The second kappa shape index (κ2) is 6.89. The van der Waals surface area contributed by atoms with E-state index in [4.69, 9.17) is 5.14 Å². The molecule has 0 saturated heterocycles. The lowest BCUT2D eigenvalue weighted by Crippen LogP contribution is -2.47. The Hall–Kier alpha value is -1.93. The summed E-state index contributed by atoms with van der Waals surface area (Å²) in [6.45, 7) is 3.58. The van der Waals surface area contributed by atoms with Crippen LogP contribution < -0.4 is 10.5 Å². The van der Waals surface area contributed by atoms with E-state index < -0.39 is 27.4 Å². The van der Waals surface area contributed by atoms with Crippen molar-refractivity contribution in [2.75, 3.05) is 7.11 Å². The molecule has 0 bridgehead atoms. The molecule has 0 aliphatic carbocycles. The van der Waals surface area contributed by atoms with Crippen molar-refractivity contribution in [1.29, 1.82) is 0 Å². The minimum atomic E-state index is -3.80. The predicted octanol–water partition coefficient (Wildman–Crippen LogP) is 0.796. The van der Waals surface area contributed by atoms with E-state index in [0.717, 1.165) is 0 Å². The molecule has 0 aliphatic heterocycles. The summed E-state index contributed by atoms with van der Waals surface area (Å²) in [6, 6.07) is 5.24. The quantitative estimate of drug-likeness (QED) is 0.749. The molecule has 3 N–H and O–H groups in total. The number of esters is 1. The summed E-state index contributed by atoms with van der Waals surface area (Å²) in [7, 11) is -2.51. The van der Waals surface area contributed by atoms with Crippen molar-refractivity contribution in [3.63, 3.8) is 0 Å². The highest BCUT2D eigenvalue weighted by Crippen LogP contribution is 2.17. The van der Waals surface area contributed by atoms with Crippen LogP contribution in [0.25, 0.3) is 0 Å². The first-order chi connectivity index (χ1) is 10.1. The normalized spacial score (nSPS) is 14.0. The van der Waals surface area contributed by atoms with Gasteiger partial charge in [-0.1, -0.05) is 6.92 Å². The topological polar surface area (TPSA) is 116 Å². The van der Waals surface area contributed by atoms with Crippen LogP contribution in [0.3, 0.4) is 0 Å². The fourth-order valence-corrected chi connectivity index (χ4v) is 2.31. The first-order valence-corrected chi connectivity index (χ1v) is 8.18. The summed E-state index contributed by atoms with van der Waals surface area (Å²) >= 11 is 0. The summed E-state index contributed by atoms with van der Waals surface area (Å²) < 4.78 is 27.0. The van der Waals surface area contributed by atoms with Crippen LogP contribution in [0.2, 0.25) is 0 Å². The van der Waals surface area contributed by atoms with Crippen LogP contribution in [-0.2, 0) is 19.6 Å².